The van der Waals surface area contributed by atoms with Crippen molar-refractivity contribution in [2.45, 2.75) is 26.2 Å². The van der Waals surface area contributed by atoms with Gasteiger partial charge in [0.15, 0.2) is 0 Å². The van der Waals surface area contributed by atoms with Crippen molar-refractivity contribution in [1.82, 2.24) is 0 Å². The van der Waals surface area contributed by atoms with E-state index in [-0.39, 0.29) is 0 Å². The molecule has 4 rings (SSSR count). The third-order valence-electron chi connectivity index (χ3n) is 5.63. The molecule has 1 N–H and O–H groups in total. The Hall–Kier alpha value is -3.00. The van der Waals surface area contributed by atoms with E-state index in [2.05, 4.69) is 97.5 Å². The SMILES string of the molecule is C=C(Nc1ccc2c(c1)N(C)CCC2)c1ccc(-c2cccc(CC)c2)cc1. The third kappa shape index (κ3) is 3.82. The number of benzene rings is 3. The highest BCUT2D eigenvalue weighted by molar-refractivity contribution is 5.78. The van der Waals surface area contributed by atoms with E-state index in [1.165, 1.54) is 40.8 Å². The van der Waals surface area contributed by atoms with Gasteiger partial charge in [-0.3, -0.25) is 0 Å². The minimum absolute atomic E-state index is 0.923. The first kappa shape index (κ1) is 18.4. The molecule has 0 radical (unpaired) electrons. The van der Waals surface area contributed by atoms with Gasteiger partial charge >= 0.3 is 0 Å². The predicted molar refractivity (Wildman–Crippen MR) is 122 cm³/mol. The van der Waals surface area contributed by atoms with E-state index in [0.717, 1.165) is 29.9 Å². The predicted octanol–water partition coefficient (Wildman–Crippen LogP) is 6.38. The maximum atomic E-state index is 4.26. The lowest BCUT2D eigenvalue weighted by Crippen LogP contribution is -2.24. The molecule has 142 valence electrons. The van der Waals surface area contributed by atoms with Gasteiger partial charge in [0.1, 0.15) is 0 Å². The molecule has 0 atom stereocenters. The summed E-state index contributed by atoms with van der Waals surface area (Å²) in [7, 11) is 2.17. The van der Waals surface area contributed by atoms with Crippen molar-refractivity contribution in [3.63, 3.8) is 0 Å². The zero-order valence-corrected chi connectivity index (χ0v) is 16.8. The molecule has 0 amide bonds. The molecule has 3 aromatic carbocycles. The summed E-state index contributed by atoms with van der Waals surface area (Å²) >= 11 is 0. The molecule has 1 aliphatic heterocycles. The van der Waals surface area contributed by atoms with Crippen LogP contribution in [0, 0.1) is 0 Å². The van der Waals surface area contributed by atoms with E-state index in [1.54, 1.807) is 0 Å². The van der Waals surface area contributed by atoms with Crippen LogP contribution in [-0.2, 0) is 12.8 Å². The number of anilines is 2. The van der Waals surface area contributed by atoms with E-state index < -0.39 is 0 Å². The Bertz CT molecular complexity index is 986. The van der Waals surface area contributed by atoms with E-state index in [4.69, 9.17) is 0 Å². The van der Waals surface area contributed by atoms with Crippen LogP contribution in [0.25, 0.3) is 16.8 Å². The fourth-order valence-corrected chi connectivity index (χ4v) is 3.92. The smallest absolute Gasteiger partial charge is 0.0417 e. The average molecular weight is 369 g/mol. The molecular formula is C26H28N2. The Labute approximate surface area is 168 Å². The van der Waals surface area contributed by atoms with Crippen molar-refractivity contribution in [1.29, 1.82) is 0 Å². The Morgan fingerprint density at radius 1 is 1.00 bits per heavy atom. The van der Waals surface area contributed by atoms with Gasteiger partial charge in [0.25, 0.3) is 0 Å². The lowest BCUT2D eigenvalue weighted by atomic mass is 10.00. The second kappa shape index (κ2) is 7.93. The van der Waals surface area contributed by atoms with Crippen molar-refractivity contribution in [2.24, 2.45) is 0 Å². The molecule has 0 unspecified atom stereocenters. The van der Waals surface area contributed by atoms with Crippen molar-refractivity contribution in [3.05, 3.63) is 90.0 Å². The van der Waals surface area contributed by atoms with Crippen LogP contribution in [0.3, 0.4) is 0 Å². The first-order chi connectivity index (χ1) is 13.6. The summed E-state index contributed by atoms with van der Waals surface area (Å²) in [5, 5.41) is 3.49. The fraction of sp³-hybridized carbons (Fsp3) is 0.231. The molecule has 0 fully saturated rings. The van der Waals surface area contributed by atoms with Gasteiger partial charge < -0.3 is 10.2 Å². The Morgan fingerprint density at radius 3 is 2.61 bits per heavy atom. The summed E-state index contributed by atoms with van der Waals surface area (Å²) < 4.78 is 0. The number of hydrogen-bond acceptors (Lipinski definition) is 2. The van der Waals surface area contributed by atoms with Crippen molar-refractivity contribution in [3.8, 4) is 11.1 Å². The van der Waals surface area contributed by atoms with Crippen LogP contribution in [-0.4, -0.2) is 13.6 Å². The zero-order chi connectivity index (χ0) is 19.5. The molecule has 0 saturated heterocycles. The molecule has 0 saturated carbocycles. The number of nitrogens with one attached hydrogen (secondary N) is 1. The molecule has 2 nitrogen and oxygen atoms in total. The van der Waals surface area contributed by atoms with Gasteiger partial charge in [0.2, 0.25) is 0 Å². The lowest BCUT2D eigenvalue weighted by molar-refractivity contribution is 0.745. The van der Waals surface area contributed by atoms with Crippen LogP contribution in [0.5, 0.6) is 0 Å². The second-order valence-corrected chi connectivity index (χ2v) is 7.60. The summed E-state index contributed by atoms with van der Waals surface area (Å²) in [5.41, 5.74) is 9.76. The van der Waals surface area contributed by atoms with Gasteiger partial charge in [0.05, 0.1) is 0 Å². The van der Waals surface area contributed by atoms with Crippen LogP contribution in [0.4, 0.5) is 11.4 Å². The Morgan fingerprint density at radius 2 is 1.82 bits per heavy atom. The van der Waals surface area contributed by atoms with Crippen molar-refractivity contribution < 1.29 is 0 Å². The van der Waals surface area contributed by atoms with Crippen LogP contribution in [0.1, 0.15) is 30.0 Å². The van der Waals surface area contributed by atoms with E-state index in [9.17, 15) is 0 Å². The van der Waals surface area contributed by atoms with Crippen LogP contribution < -0.4 is 10.2 Å². The fourth-order valence-electron chi connectivity index (χ4n) is 3.92. The standard InChI is InChI=1S/C26H28N2/c1-4-20-7-5-8-24(17-20)22-12-10-21(11-13-22)19(2)27-25-15-14-23-9-6-16-28(3)26(23)18-25/h5,7-8,10-15,17-18,27H,2,4,6,9,16H2,1,3H3. The molecule has 0 aromatic heterocycles. The van der Waals surface area contributed by atoms with Gasteiger partial charge in [0, 0.05) is 30.7 Å². The summed E-state index contributed by atoms with van der Waals surface area (Å²) in [6.07, 6.45) is 3.46. The first-order valence-electron chi connectivity index (χ1n) is 10.1. The molecule has 0 spiro atoms. The molecule has 0 aliphatic carbocycles. The summed E-state index contributed by atoms with van der Waals surface area (Å²) in [5.74, 6) is 0. The summed E-state index contributed by atoms with van der Waals surface area (Å²) in [4.78, 5) is 2.34. The molecule has 3 aromatic rings. The Balaban J connectivity index is 1.50. The van der Waals surface area contributed by atoms with Crippen molar-refractivity contribution >= 4 is 17.1 Å². The molecule has 0 bridgehead atoms. The van der Waals surface area contributed by atoms with Gasteiger partial charge in [-0.15, -0.1) is 0 Å². The molecule has 2 heteroatoms. The highest BCUT2D eigenvalue weighted by atomic mass is 15.1. The van der Waals surface area contributed by atoms with Crippen LogP contribution in [0.2, 0.25) is 0 Å². The number of aryl methyl sites for hydroxylation is 2. The molecule has 1 heterocycles. The number of fused-ring (bicyclic) bond motifs is 1. The molecule has 1 aliphatic rings. The van der Waals surface area contributed by atoms with Crippen LogP contribution >= 0.6 is 0 Å². The van der Waals surface area contributed by atoms with Gasteiger partial charge in [-0.1, -0.05) is 68.1 Å². The lowest BCUT2D eigenvalue weighted by Gasteiger charge is -2.28. The monoisotopic (exact) mass is 368 g/mol. The van der Waals surface area contributed by atoms with E-state index in [0.29, 0.717) is 0 Å². The minimum Gasteiger partial charge on any atom is -0.374 e. The minimum atomic E-state index is 0.923. The molecular weight excluding hydrogens is 340 g/mol. The van der Waals surface area contributed by atoms with E-state index in [1.807, 2.05) is 0 Å². The summed E-state index contributed by atoms with van der Waals surface area (Å²) in [6.45, 7) is 7.57. The van der Waals surface area contributed by atoms with Gasteiger partial charge in [-0.25, -0.2) is 0 Å². The van der Waals surface area contributed by atoms with Crippen molar-refractivity contribution in [2.75, 3.05) is 23.8 Å². The van der Waals surface area contributed by atoms with E-state index >= 15 is 0 Å². The largest absolute Gasteiger partial charge is 0.374 e. The Kier molecular flexibility index (Phi) is 5.21. The maximum Gasteiger partial charge on any atom is 0.0417 e. The topological polar surface area (TPSA) is 15.3 Å². The number of nitrogens with zero attached hydrogens (tertiary/aromatic N) is 1. The van der Waals surface area contributed by atoms with Crippen LogP contribution in [0.15, 0.2) is 73.3 Å². The number of hydrogen-bond donors (Lipinski definition) is 1. The van der Waals surface area contributed by atoms with Gasteiger partial charge in [-0.2, -0.15) is 0 Å². The highest BCUT2D eigenvalue weighted by Gasteiger charge is 2.14. The quantitative estimate of drug-likeness (QED) is 0.562. The second-order valence-electron chi connectivity index (χ2n) is 7.60. The summed E-state index contributed by atoms with van der Waals surface area (Å²) in [6, 6.07) is 24.0. The highest BCUT2D eigenvalue weighted by Crippen LogP contribution is 2.30. The third-order valence-corrected chi connectivity index (χ3v) is 5.63. The average Bonchev–Trinajstić information content (AvgIpc) is 2.74. The number of rotatable bonds is 5. The zero-order valence-electron chi connectivity index (χ0n) is 16.8. The normalized spacial score (nSPS) is 13.1. The first-order valence-corrected chi connectivity index (χ1v) is 10.1. The maximum absolute atomic E-state index is 4.26. The molecule has 28 heavy (non-hydrogen) atoms. The van der Waals surface area contributed by atoms with Gasteiger partial charge in [-0.05, 0) is 59.2 Å².